The molecule has 0 bridgehead atoms. The van der Waals surface area contributed by atoms with E-state index >= 15 is 0 Å². The van der Waals surface area contributed by atoms with E-state index < -0.39 is 0 Å². The molecule has 4 heterocycles. The molecule has 6 nitrogen and oxygen atoms in total. The highest BCUT2D eigenvalue weighted by molar-refractivity contribution is 6.22. The zero-order valence-electron chi connectivity index (χ0n) is 30.6. The number of hydrogen-bond acceptors (Lipinski definition) is 5. The van der Waals surface area contributed by atoms with Gasteiger partial charge in [0.05, 0.1) is 11.0 Å². The SMILES string of the molecule is c1ccc(C2=NC(c3ccccc3)NC(c3cccc4oc5ccc(-c6ccc7c(c6)oc6ccc(-n8c9ccccc9c9ccccc98)cc67)cc5c34)=N2)cc1. The van der Waals surface area contributed by atoms with Crippen LogP contribution in [0.5, 0.6) is 0 Å². The number of amidine groups is 2. The normalized spacial score (nSPS) is 14.5. The molecule has 0 radical (unpaired) electrons. The van der Waals surface area contributed by atoms with Gasteiger partial charge in [-0.15, -0.1) is 0 Å². The van der Waals surface area contributed by atoms with Gasteiger partial charge in [-0.1, -0.05) is 121 Å². The minimum absolute atomic E-state index is 0.300. The maximum atomic E-state index is 6.53. The Morgan fingerprint density at radius 3 is 1.93 bits per heavy atom. The van der Waals surface area contributed by atoms with Gasteiger partial charge in [-0.2, -0.15) is 0 Å². The number of nitrogens with zero attached hydrogens (tertiary/aromatic N) is 3. The maximum absolute atomic E-state index is 6.53. The van der Waals surface area contributed by atoms with E-state index in [-0.39, 0.29) is 6.17 Å². The fourth-order valence-corrected chi connectivity index (χ4v) is 8.60. The number of nitrogens with one attached hydrogen (secondary N) is 1. The van der Waals surface area contributed by atoms with Gasteiger partial charge < -0.3 is 18.7 Å². The van der Waals surface area contributed by atoms with Crippen LogP contribution < -0.4 is 5.32 Å². The molecule has 1 aliphatic heterocycles. The summed E-state index contributed by atoms with van der Waals surface area (Å²) in [6, 6.07) is 63.3. The second-order valence-electron chi connectivity index (χ2n) is 14.6. The first-order chi connectivity index (χ1) is 28.2. The summed E-state index contributed by atoms with van der Waals surface area (Å²) in [5.41, 5.74) is 11.9. The van der Waals surface area contributed by atoms with Crippen LogP contribution in [0.15, 0.2) is 201 Å². The standard InChI is InChI=1S/C51H32N4O2/c1-3-12-31(13-4-1)49-52-50(32-14-5-2-6-15-32)54-51(53-49)39-18-11-21-46-48(39)41-28-33(23-26-45(41)56-46)34-22-25-38-40-30-35(24-27-44(40)57-47(38)29-34)55-42-19-9-7-16-36(42)37-17-8-10-20-43(37)55/h1-30,49H,(H,52,53,54). The summed E-state index contributed by atoms with van der Waals surface area (Å²) < 4.78 is 15.4. The molecule has 6 heteroatoms. The molecule has 12 rings (SSSR count). The third-order valence-corrected chi connectivity index (χ3v) is 11.3. The Balaban J connectivity index is 0.963. The predicted octanol–water partition coefficient (Wildman–Crippen LogP) is 12.7. The molecule has 1 aliphatic rings. The Bertz CT molecular complexity index is 3390. The Morgan fingerprint density at radius 2 is 1.12 bits per heavy atom. The second kappa shape index (κ2) is 12.4. The molecule has 1 atom stereocenters. The van der Waals surface area contributed by atoms with E-state index in [1.54, 1.807) is 0 Å². The molecule has 0 saturated carbocycles. The van der Waals surface area contributed by atoms with Gasteiger partial charge in [-0.25, -0.2) is 9.98 Å². The van der Waals surface area contributed by atoms with Gasteiger partial charge >= 0.3 is 0 Å². The van der Waals surface area contributed by atoms with Gasteiger partial charge in [-0.05, 0) is 77.4 Å². The number of rotatable bonds is 5. The fraction of sp³-hybridized carbons (Fsp3) is 0.0196. The molecule has 57 heavy (non-hydrogen) atoms. The molecule has 1 N–H and O–H groups in total. The monoisotopic (exact) mass is 732 g/mol. The number of fused-ring (bicyclic) bond motifs is 9. The minimum Gasteiger partial charge on any atom is -0.456 e. The van der Waals surface area contributed by atoms with Crippen LogP contribution in [-0.2, 0) is 0 Å². The highest BCUT2D eigenvalue weighted by atomic mass is 16.3. The Hall–Kier alpha value is -7.70. The summed E-state index contributed by atoms with van der Waals surface area (Å²) >= 11 is 0. The number of aliphatic imine (C=N–C) groups is 2. The van der Waals surface area contributed by atoms with Crippen molar-refractivity contribution < 1.29 is 8.83 Å². The molecule has 0 spiro atoms. The summed E-state index contributed by atoms with van der Waals surface area (Å²) in [6.07, 6.45) is -0.300. The van der Waals surface area contributed by atoms with Gasteiger partial charge in [-0.3, -0.25) is 0 Å². The first-order valence-corrected chi connectivity index (χ1v) is 19.2. The van der Waals surface area contributed by atoms with Gasteiger partial charge in [0.2, 0.25) is 0 Å². The zero-order chi connectivity index (χ0) is 37.5. The van der Waals surface area contributed by atoms with E-state index in [2.05, 4.69) is 143 Å². The third-order valence-electron chi connectivity index (χ3n) is 11.3. The Kier molecular flexibility index (Phi) is 6.89. The van der Waals surface area contributed by atoms with Crippen LogP contribution in [0.4, 0.5) is 0 Å². The fourth-order valence-electron chi connectivity index (χ4n) is 8.60. The minimum atomic E-state index is -0.300. The summed E-state index contributed by atoms with van der Waals surface area (Å²) in [7, 11) is 0. The van der Waals surface area contributed by atoms with Crippen LogP contribution in [0, 0.1) is 0 Å². The van der Waals surface area contributed by atoms with E-state index in [1.807, 2.05) is 48.5 Å². The van der Waals surface area contributed by atoms with Crippen molar-refractivity contribution in [2.75, 3.05) is 0 Å². The predicted molar refractivity (Wildman–Crippen MR) is 233 cm³/mol. The molecular formula is C51H32N4O2. The lowest BCUT2D eigenvalue weighted by Crippen LogP contribution is -2.33. The van der Waals surface area contributed by atoms with Crippen LogP contribution in [0.2, 0.25) is 0 Å². The lowest BCUT2D eigenvalue weighted by atomic mass is 9.99. The van der Waals surface area contributed by atoms with Crippen LogP contribution >= 0.6 is 0 Å². The van der Waals surface area contributed by atoms with Crippen molar-refractivity contribution in [3.05, 3.63) is 199 Å². The number of para-hydroxylation sites is 2. The van der Waals surface area contributed by atoms with Crippen LogP contribution in [0.1, 0.15) is 22.9 Å². The first-order valence-electron chi connectivity index (χ1n) is 19.2. The highest BCUT2D eigenvalue weighted by Gasteiger charge is 2.24. The molecule has 0 aliphatic carbocycles. The van der Waals surface area contributed by atoms with Crippen molar-refractivity contribution >= 4 is 77.4 Å². The lowest BCUT2D eigenvalue weighted by molar-refractivity contribution is 0.668. The van der Waals surface area contributed by atoms with E-state index in [4.69, 9.17) is 18.8 Å². The van der Waals surface area contributed by atoms with Crippen molar-refractivity contribution in [3.63, 3.8) is 0 Å². The molecular weight excluding hydrogens is 701 g/mol. The molecule has 11 aromatic rings. The van der Waals surface area contributed by atoms with Crippen LogP contribution in [0.3, 0.4) is 0 Å². The molecule has 0 amide bonds. The summed E-state index contributed by atoms with van der Waals surface area (Å²) in [6.45, 7) is 0. The topological polar surface area (TPSA) is 68.0 Å². The Morgan fingerprint density at radius 1 is 0.456 bits per heavy atom. The molecule has 1 unspecified atom stereocenters. The van der Waals surface area contributed by atoms with Gasteiger partial charge in [0, 0.05) is 49.1 Å². The quantitative estimate of drug-likeness (QED) is 0.192. The number of furan rings is 2. The summed E-state index contributed by atoms with van der Waals surface area (Å²) in [5.74, 6) is 1.44. The smallest absolute Gasteiger partial charge is 0.159 e. The van der Waals surface area contributed by atoms with Crippen LogP contribution in [-0.4, -0.2) is 16.2 Å². The second-order valence-corrected chi connectivity index (χ2v) is 14.6. The molecule has 268 valence electrons. The maximum Gasteiger partial charge on any atom is 0.159 e. The van der Waals surface area contributed by atoms with E-state index in [1.165, 1.54) is 21.8 Å². The average Bonchev–Trinajstić information content (AvgIpc) is 3.95. The zero-order valence-corrected chi connectivity index (χ0v) is 30.6. The number of hydrogen-bond donors (Lipinski definition) is 1. The van der Waals surface area contributed by atoms with Gasteiger partial charge in [0.15, 0.2) is 5.84 Å². The van der Waals surface area contributed by atoms with Gasteiger partial charge in [0.1, 0.15) is 34.3 Å². The third kappa shape index (κ3) is 5.04. The van der Waals surface area contributed by atoms with Crippen molar-refractivity contribution in [2.45, 2.75) is 6.17 Å². The van der Waals surface area contributed by atoms with Gasteiger partial charge in [0.25, 0.3) is 0 Å². The number of aromatic nitrogens is 1. The molecule has 0 saturated heterocycles. The highest BCUT2D eigenvalue weighted by Crippen LogP contribution is 2.39. The van der Waals surface area contributed by atoms with E-state index in [0.29, 0.717) is 5.84 Å². The first kappa shape index (κ1) is 31.6. The van der Waals surface area contributed by atoms with Crippen LogP contribution in [0.25, 0.3) is 82.5 Å². The lowest BCUT2D eigenvalue weighted by Gasteiger charge is -2.24. The number of benzene rings is 8. The van der Waals surface area contributed by atoms with Crippen molar-refractivity contribution in [1.82, 2.24) is 9.88 Å². The van der Waals surface area contributed by atoms with Crippen molar-refractivity contribution in [1.29, 1.82) is 0 Å². The van der Waals surface area contributed by atoms with Crippen molar-refractivity contribution in [2.24, 2.45) is 9.98 Å². The molecule has 3 aromatic heterocycles. The van der Waals surface area contributed by atoms with E-state index in [0.717, 1.165) is 83.2 Å². The van der Waals surface area contributed by atoms with E-state index in [9.17, 15) is 0 Å². The Labute approximate surface area is 326 Å². The summed E-state index contributed by atoms with van der Waals surface area (Å²) in [5, 5.41) is 10.3. The summed E-state index contributed by atoms with van der Waals surface area (Å²) in [4.78, 5) is 10.2. The molecule has 0 fully saturated rings. The molecule has 8 aromatic carbocycles. The largest absolute Gasteiger partial charge is 0.456 e. The average molecular weight is 733 g/mol. The van der Waals surface area contributed by atoms with Crippen molar-refractivity contribution in [3.8, 4) is 16.8 Å².